The lowest BCUT2D eigenvalue weighted by Gasteiger charge is -2.40. The van der Waals surface area contributed by atoms with E-state index < -0.39 is 49.5 Å². The third-order valence-electron chi connectivity index (χ3n) is 14.2. The molecule has 0 saturated carbocycles. The number of hydrogen-bond donors (Lipinski definition) is 6. The van der Waals surface area contributed by atoms with Gasteiger partial charge >= 0.3 is 0 Å². The van der Waals surface area contributed by atoms with E-state index >= 15 is 0 Å². The highest BCUT2D eigenvalue weighted by atomic mass is 16.7. The largest absolute Gasteiger partial charge is 0.394 e. The average Bonchev–Trinajstić information content (AvgIpc) is 3.46. The lowest BCUT2D eigenvalue weighted by atomic mass is 9.99. The number of amides is 1. The Balaban J connectivity index is 2.18. The Morgan fingerprint density at radius 1 is 0.443 bits per heavy atom. The van der Waals surface area contributed by atoms with Gasteiger partial charge in [0.1, 0.15) is 24.4 Å². The van der Waals surface area contributed by atoms with Crippen molar-refractivity contribution in [3.05, 3.63) is 134 Å². The zero-order chi connectivity index (χ0) is 57.2. The minimum Gasteiger partial charge on any atom is -0.394 e. The normalized spacial score (nSPS) is 19.5. The average molecular weight is 1100 g/mol. The van der Waals surface area contributed by atoms with E-state index in [4.69, 9.17) is 9.47 Å². The number of unbranched alkanes of at least 4 members (excludes halogenated alkanes) is 23. The summed E-state index contributed by atoms with van der Waals surface area (Å²) in [7, 11) is 0. The van der Waals surface area contributed by atoms with E-state index in [1.54, 1.807) is 6.08 Å². The number of hydrogen-bond acceptors (Lipinski definition) is 8. The van der Waals surface area contributed by atoms with Crippen LogP contribution in [0.25, 0.3) is 0 Å². The number of carbonyl (C=O) groups is 1. The van der Waals surface area contributed by atoms with E-state index in [1.807, 2.05) is 6.08 Å². The van der Waals surface area contributed by atoms with Crippen molar-refractivity contribution in [1.29, 1.82) is 0 Å². The van der Waals surface area contributed by atoms with Gasteiger partial charge < -0.3 is 40.3 Å². The van der Waals surface area contributed by atoms with Gasteiger partial charge in [0.25, 0.3) is 0 Å². The quantitative estimate of drug-likeness (QED) is 0.0261. The Bertz CT molecular complexity index is 1700. The van der Waals surface area contributed by atoms with E-state index in [2.05, 4.69) is 141 Å². The van der Waals surface area contributed by atoms with Gasteiger partial charge in [-0.05, 0) is 109 Å². The van der Waals surface area contributed by atoms with Crippen LogP contribution in [0.2, 0.25) is 0 Å². The molecule has 450 valence electrons. The molecular formula is C70H117NO8. The molecule has 9 nitrogen and oxygen atoms in total. The van der Waals surface area contributed by atoms with E-state index in [0.29, 0.717) is 6.42 Å². The molecule has 7 atom stereocenters. The van der Waals surface area contributed by atoms with Crippen LogP contribution in [0.5, 0.6) is 0 Å². The summed E-state index contributed by atoms with van der Waals surface area (Å²) < 4.78 is 11.3. The number of allylic oxidation sites excluding steroid dienone is 21. The molecule has 9 heteroatoms. The highest BCUT2D eigenvalue weighted by Gasteiger charge is 2.44. The number of ether oxygens (including phenoxy) is 2. The second-order valence-electron chi connectivity index (χ2n) is 21.4. The Labute approximate surface area is 483 Å². The van der Waals surface area contributed by atoms with Gasteiger partial charge in [-0.15, -0.1) is 0 Å². The van der Waals surface area contributed by atoms with Crippen LogP contribution < -0.4 is 5.32 Å². The fourth-order valence-electron chi connectivity index (χ4n) is 9.20. The highest BCUT2D eigenvalue weighted by Crippen LogP contribution is 2.23. The van der Waals surface area contributed by atoms with Crippen LogP contribution >= 0.6 is 0 Å². The molecule has 0 aromatic rings. The monoisotopic (exact) mass is 1100 g/mol. The number of rotatable bonds is 53. The van der Waals surface area contributed by atoms with Crippen molar-refractivity contribution in [3.8, 4) is 0 Å². The number of nitrogens with one attached hydrogen (secondary N) is 1. The first kappa shape index (κ1) is 73.3. The van der Waals surface area contributed by atoms with Gasteiger partial charge in [-0.2, -0.15) is 0 Å². The minimum absolute atomic E-state index is 0.198. The summed E-state index contributed by atoms with van der Waals surface area (Å²) in [6.07, 6.45) is 81.0. The van der Waals surface area contributed by atoms with E-state index in [9.17, 15) is 30.3 Å². The Morgan fingerprint density at radius 2 is 0.797 bits per heavy atom. The lowest BCUT2D eigenvalue weighted by molar-refractivity contribution is -0.302. The molecule has 7 unspecified atom stereocenters. The Kier molecular flexibility index (Phi) is 53.4. The maximum absolute atomic E-state index is 13.1. The van der Waals surface area contributed by atoms with Crippen LogP contribution in [0.3, 0.4) is 0 Å². The minimum atomic E-state index is -1.58. The summed E-state index contributed by atoms with van der Waals surface area (Å²) in [5.41, 5.74) is 0. The van der Waals surface area contributed by atoms with Crippen LogP contribution in [-0.4, -0.2) is 87.5 Å². The molecule has 1 rings (SSSR count). The van der Waals surface area contributed by atoms with E-state index in [-0.39, 0.29) is 12.5 Å². The van der Waals surface area contributed by atoms with E-state index in [0.717, 1.165) is 109 Å². The highest BCUT2D eigenvalue weighted by molar-refractivity contribution is 5.76. The fraction of sp³-hybridized carbons (Fsp3) is 0.671. The van der Waals surface area contributed by atoms with Crippen molar-refractivity contribution < 1.29 is 39.8 Å². The van der Waals surface area contributed by atoms with E-state index in [1.165, 1.54) is 116 Å². The first-order chi connectivity index (χ1) is 38.8. The number of carbonyl (C=O) groups excluding carboxylic acids is 1. The third-order valence-corrected chi connectivity index (χ3v) is 14.2. The maximum Gasteiger partial charge on any atom is 0.220 e. The van der Waals surface area contributed by atoms with Gasteiger partial charge in [0, 0.05) is 6.42 Å². The molecule has 1 saturated heterocycles. The van der Waals surface area contributed by atoms with Gasteiger partial charge in [0.15, 0.2) is 6.29 Å². The zero-order valence-electron chi connectivity index (χ0n) is 50.1. The first-order valence-electron chi connectivity index (χ1n) is 31.9. The predicted molar refractivity (Wildman–Crippen MR) is 336 cm³/mol. The molecule has 1 heterocycles. The molecule has 0 aliphatic carbocycles. The van der Waals surface area contributed by atoms with Crippen molar-refractivity contribution in [2.75, 3.05) is 13.2 Å². The molecular weight excluding hydrogens is 983 g/mol. The van der Waals surface area contributed by atoms with Gasteiger partial charge in [-0.25, -0.2) is 0 Å². The molecule has 79 heavy (non-hydrogen) atoms. The van der Waals surface area contributed by atoms with Crippen LogP contribution in [0, 0.1) is 0 Å². The molecule has 0 spiro atoms. The standard InChI is InChI=1S/C70H117NO8/c1-3-5-7-9-11-13-15-17-19-21-23-24-25-26-27-28-29-30-31-32-33-34-35-36-37-38-39-40-42-44-46-48-50-52-54-56-58-60-66(74)71-63(62-78-70-69(77)68(76)67(75)65(61-72)79-70)64(73)59-57-55-53-51-49-47-45-43-41-22-20-18-16-14-12-10-8-6-4-2/h5,7,11,13,17,19,23-24,26-27,29-30,32-33,35-36,41,43,49,51,57,59,63-65,67-70,72-73,75-77H,3-4,6,8-10,12,14-16,18,20-22,25,28,31,34,37-40,42,44-48,50,52-56,58,60-62H2,1-2H3,(H,71,74)/b7-5-,13-11-,19-17-,24-23-,27-26-,30-29-,33-32-,36-35-,43-41+,51-49+,59-57+. The molecule has 1 aliphatic rings. The van der Waals surface area contributed by atoms with Crippen LogP contribution in [0.15, 0.2) is 134 Å². The second-order valence-corrected chi connectivity index (χ2v) is 21.4. The second kappa shape index (κ2) is 57.6. The van der Waals surface area contributed by atoms with Crippen molar-refractivity contribution >= 4 is 5.91 Å². The smallest absolute Gasteiger partial charge is 0.220 e. The Morgan fingerprint density at radius 3 is 1.22 bits per heavy atom. The summed E-state index contributed by atoms with van der Waals surface area (Å²) in [6, 6.07) is -0.838. The molecule has 0 aromatic carbocycles. The molecule has 0 aromatic heterocycles. The molecule has 0 radical (unpaired) electrons. The molecule has 0 bridgehead atoms. The topological polar surface area (TPSA) is 149 Å². The predicted octanol–water partition coefficient (Wildman–Crippen LogP) is 16.9. The van der Waals surface area contributed by atoms with Crippen molar-refractivity contribution in [2.24, 2.45) is 0 Å². The first-order valence-corrected chi connectivity index (χ1v) is 31.9. The van der Waals surface area contributed by atoms with Gasteiger partial charge in [-0.1, -0.05) is 263 Å². The van der Waals surface area contributed by atoms with Crippen LogP contribution in [0.1, 0.15) is 245 Å². The van der Waals surface area contributed by atoms with Gasteiger partial charge in [0.2, 0.25) is 5.91 Å². The van der Waals surface area contributed by atoms with Crippen LogP contribution in [0.4, 0.5) is 0 Å². The van der Waals surface area contributed by atoms with Crippen molar-refractivity contribution in [1.82, 2.24) is 5.32 Å². The zero-order valence-corrected chi connectivity index (χ0v) is 50.1. The molecule has 6 N–H and O–H groups in total. The molecule has 1 amide bonds. The van der Waals surface area contributed by atoms with Gasteiger partial charge in [0.05, 0.1) is 25.4 Å². The molecule has 1 fully saturated rings. The Hall–Kier alpha value is -3.67. The summed E-state index contributed by atoms with van der Waals surface area (Å²) >= 11 is 0. The summed E-state index contributed by atoms with van der Waals surface area (Å²) in [6.45, 7) is 3.64. The SMILES string of the molecule is CC/C=C\C/C=C\C/C=C\C/C=C\C/C=C\C/C=C\C/C=C\C/C=C\CCCCCCCCCCCCCCC(=O)NC(COC1OC(CO)C(O)C(O)C1O)C(O)/C=C/CC/C=C/CC/C=C/CCCCCCCCCCC. The molecule has 1 aliphatic heterocycles. The van der Waals surface area contributed by atoms with Crippen LogP contribution in [-0.2, 0) is 14.3 Å². The maximum atomic E-state index is 13.1. The summed E-state index contributed by atoms with van der Waals surface area (Å²) in [5.74, 6) is -0.198. The summed E-state index contributed by atoms with van der Waals surface area (Å²) in [5, 5.41) is 54.6. The number of aliphatic hydroxyl groups is 5. The fourth-order valence-corrected chi connectivity index (χ4v) is 9.20. The van der Waals surface area contributed by atoms with Gasteiger partial charge in [-0.3, -0.25) is 4.79 Å². The van der Waals surface area contributed by atoms with Crippen molar-refractivity contribution in [2.45, 2.75) is 288 Å². The number of aliphatic hydroxyl groups excluding tert-OH is 5. The summed E-state index contributed by atoms with van der Waals surface area (Å²) in [4.78, 5) is 13.1. The lowest BCUT2D eigenvalue weighted by Crippen LogP contribution is -2.60. The van der Waals surface area contributed by atoms with Crippen molar-refractivity contribution in [3.63, 3.8) is 0 Å². The third kappa shape index (κ3) is 46.6.